The van der Waals surface area contributed by atoms with Crippen LogP contribution >= 0.6 is 0 Å². The lowest BCUT2D eigenvalue weighted by atomic mass is 10.1. The number of rotatable bonds is 6. The number of nitro benzene ring substituents is 1. The summed E-state index contributed by atoms with van der Waals surface area (Å²) in [6.07, 6.45) is 0.585. The van der Waals surface area contributed by atoms with Crippen molar-refractivity contribution in [2.24, 2.45) is 5.10 Å². The Morgan fingerprint density at radius 3 is 2.67 bits per heavy atom. The van der Waals surface area contributed by atoms with Crippen LogP contribution in [-0.4, -0.2) is 23.1 Å². The van der Waals surface area contributed by atoms with Crippen molar-refractivity contribution in [3.05, 3.63) is 82.4 Å². The Balaban J connectivity index is 1.60. The largest absolute Gasteiger partial charge is 0.481 e. The van der Waals surface area contributed by atoms with Crippen molar-refractivity contribution < 1.29 is 14.5 Å². The van der Waals surface area contributed by atoms with E-state index in [0.29, 0.717) is 11.3 Å². The first-order chi connectivity index (χ1) is 13.0. The number of amides is 1. The lowest BCUT2D eigenvalue weighted by Crippen LogP contribution is -2.33. The molecule has 1 amide bonds. The molecule has 3 aromatic rings. The highest BCUT2D eigenvalue weighted by Crippen LogP contribution is 2.21. The maximum Gasteiger partial charge on any atom is 0.280 e. The van der Waals surface area contributed by atoms with Crippen LogP contribution in [0.4, 0.5) is 5.69 Å². The quantitative estimate of drug-likeness (QED) is 0.411. The SMILES string of the molecule is CC(Oc1ccc2ccccc2c1)C(=O)NN=Cc1cccc([N+](=O)[O-])c1. The van der Waals surface area contributed by atoms with Crippen LogP contribution in [0.5, 0.6) is 5.75 Å². The van der Waals surface area contributed by atoms with Gasteiger partial charge in [-0.3, -0.25) is 14.9 Å². The Labute approximate surface area is 155 Å². The number of hydrogen-bond acceptors (Lipinski definition) is 5. The average molecular weight is 363 g/mol. The number of non-ortho nitro benzene ring substituents is 1. The molecule has 3 rings (SSSR count). The van der Waals surface area contributed by atoms with Crippen LogP contribution in [0.25, 0.3) is 10.8 Å². The molecule has 0 aliphatic heterocycles. The van der Waals surface area contributed by atoms with Crippen LogP contribution in [0.2, 0.25) is 0 Å². The van der Waals surface area contributed by atoms with E-state index in [0.717, 1.165) is 10.8 Å². The molecule has 0 radical (unpaired) electrons. The molecule has 1 N–H and O–H groups in total. The molecule has 7 heteroatoms. The third-order valence-electron chi connectivity index (χ3n) is 3.87. The minimum absolute atomic E-state index is 0.0433. The number of carbonyl (C=O) groups excluding carboxylic acids is 1. The monoisotopic (exact) mass is 363 g/mol. The fraction of sp³-hybridized carbons (Fsp3) is 0.100. The summed E-state index contributed by atoms with van der Waals surface area (Å²) >= 11 is 0. The Morgan fingerprint density at radius 1 is 1.11 bits per heavy atom. The van der Waals surface area contributed by atoms with Crippen LogP contribution in [0.1, 0.15) is 12.5 Å². The van der Waals surface area contributed by atoms with E-state index in [-0.39, 0.29) is 5.69 Å². The van der Waals surface area contributed by atoms with Crippen molar-refractivity contribution in [1.29, 1.82) is 0 Å². The maximum atomic E-state index is 12.1. The molecule has 27 heavy (non-hydrogen) atoms. The topological polar surface area (TPSA) is 93.8 Å². The van der Waals surface area contributed by atoms with Gasteiger partial charge in [0.2, 0.25) is 0 Å². The molecule has 0 aliphatic carbocycles. The van der Waals surface area contributed by atoms with Crippen molar-refractivity contribution in [2.75, 3.05) is 0 Å². The number of hydrogen-bond donors (Lipinski definition) is 1. The van der Waals surface area contributed by atoms with Gasteiger partial charge in [-0.2, -0.15) is 5.10 Å². The highest BCUT2D eigenvalue weighted by Gasteiger charge is 2.14. The summed E-state index contributed by atoms with van der Waals surface area (Å²) in [6.45, 7) is 1.62. The average Bonchev–Trinajstić information content (AvgIpc) is 2.68. The molecular formula is C20H17N3O4. The minimum Gasteiger partial charge on any atom is -0.481 e. The zero-order valence-corrected chi connectivity index (χ0v) is 14.5. The van der Waals surface area contributed by atoms with Gasteiger partial charge in [0.05, 0.1) is 11.1 Å². The van der Waals surface area contributed by atoms with E-state index in [1.807, 2.05) is 36.4 Å². The maximum absolute atomic E-state index is 12.1. The Morgan fingerprint density at radius 2 is 1.89 bits per heavy atom. The van der Waals surface area contributed by atoms with E-state index >= 15 is 0 Å². The molecule has 1 atom stereocenters. The van der Waals surface area contributed by atoms with Gasteiger partial charge >= 0.3 is 0 Å². The lowest BCUT2D eigenvalue weighted by Gasteiger charge is -2.13. The van der Waals surface area contributed by atoms with Gasteiger partial charge in [-0.15, -0.1) is 0 Å². The number of nitro groups is 1. The summed E-state index contributed by atoms with van der Waals surface area (Å²) in [5.41, 5.74) is 2.84. The minimum atomic E-state index is -0.756. The van der Waals surface area contributed by atoms with Gasteiger partial charge in [0.25, 0.3) is 11.6 Å². The van der Waals surface area contributed by atoms with Crippen LogP contribution in [-0.2, 0) is 4.79 Å². The van der Waals surface area contributed by atoms with Gasteiger partial charge in [0.15, 0.2) is 6.10 Å². The van der Waals surface area contributed by atoms with Gasteiger partial charge in [-0.25, -0.2) is 5.43 Å². The molecule has 0 aliphatic rings. The molecule has 0 aromatic heterocycles. The molecule has 3 aromatic carbocycles. The third-order valence-corrected chi connectivity index (χ3v) is 3.87. The van der Waals surface area contributed by atoms with E-state index in [2.05, 4.69) is 10.5 Å². The first-order valence-corrected chi connectivity index (χ1v) is 8.26. The second-order valence-corrected chi connectivity index (χ2v) is 5.86. The standard InChI is InChI=1S/C20H17N3O4/c1-14(27-19-10-9-16-6-2-3-7-17(16)12-19)20(24)22-21-13-15-5-4-8-18(11-15)23(25)26/h2-14H,1H3,(H,22,24). The van der Waals surface area contributed by atoms with Gasteiger partial charge in [-0.05, 0) is 29.8 Å². The molecule has 0 saturated carbocycles. The second-order valence-electron chi connectivity index (χ2n) is 5.86. The first kappa shape index (κ1) is 18.1. The van der Waals surface area contributed by atoms with Crippen LogP contribution in [0.15, 0.2) is 71.8 Å². The summed E-state index contributed by atoms with van der Waals surface area (Å²) in [4.78, 5) is 22.4. The number of fused-ring (bicyclic) bond motifs is 1. The molecule has 0 bridgehead atoms. The van der Waals surface area contributed by atoms with Crippen LogP contribution in [0.3, 0.4) is 0 Å². The molecule has 0 saturated heterocycles. The summed E-state index contributed by atoms with van der Waals surface area (Å²) in [5, 5.41) is 16.7. The highest BCUT2D eigenvalue weighted by atomic mass is 16.6. The Kier molecular flexibility index (Phi) is 5.41. The van der Waals surface area contributed by atoms with E-state index in [9.17, 15) is 14.9 Å². The van der Waals surface area contributed by atoms with Gasteiger partial charge in [0.1, 0.15) is 5.75 Å². The smallest absolute Gasteiger partial charge is 0.280 e. The molecular weight excluding hydrogens is 346 g/mol. The summed E-state index contributed by atoms with van der Waals surface area (Å²) < 4.78 is 5.66. The van der Waals surface area contributed by atoms with Gasteiger partial charge < -0.3 is 4.74 Å². The number of hydrazone groups is 1. The number of nitrogens with zero attached hydrogens (tertiary/aromatic N) is 2. The number of benzene rings is 3. The predicted molar refractivity (Wildman–Crippen MR) is 103 cm³/mol. The third kappa shape index (κ3) is 4.66. The molecule has 7 nitrogen and oxygen atoms in total. The van der Waals surface area contributed by atoms with Gasteiger partial charge in [-0.1, -0.05) is 42.5 Å². The highest BCUT2D eigenvalue weighted by molar-refractivity contribution is 5.86. The van der Waals surface area contributed by atoms with Crippen molar-refractivity contribution >= 4 is 28.6 Å². The van der Waals surface area contributed by atoms with Crippen molar-refractivity contribution in [1.82, 2.24) is 5.43 Å². The van der Waals surface area contributed by atoms with Crippen LogP contribution in [0, 0.1) is 10.1 Å². The molecule has 0 spiro atoms. The zero-order chi connectivity index (χ0) is 19.2. The Bertz CT molecular complexity index is 1020. The first-order valence-electron chi connectivity index (χ1n) is 8.26. The number of ether oxygens (including phenoxy) is 1. The van der Waals surface area contributed by atoms with Crippen molar-refractivity contribution in [3.8, 4) is 5.75 Å². The summed E-state index contributed by atoms with van der Waals surface area (Å²) in [6, 6.07) is 19.4. The number of nitrogens with one attached hydrogen (secondary N) is 1. The van der Waals surface area contributed by atoms with E-state index in [4.69, 9.17) is 4.74 Å². The lowest BCUT2D eigenvalue weighted by molar-refractivity contribution is -0.384. The van der Waals surface area contributed by atoms with Crippen LogP contribution < -0.4 is 10.2 Å². The van der Waals surface area contributed by atoms with E-state index in [1.54, 1.807) is 25.1 Å². The fourth-order valence-electron chi connectivity index (χ4n) is 2.48. The predicted octanol–water partition coefficient (Wildman–Crippen LogP) is 3.67. The zero-order valence-electron chi connectivity index (χ0n) is 14.5. The summed E-state index contributed by atoms with van der Waals surface area (Å²) in [7, 11) is 0. The summed E-state index contributed by atoms with van der Waals surface area (Å²) in [5.74, 6) is 0.156. The molecule has 1 unspecified atom stereocenters. The van der Waals surface area contributed by atoms with Crippen molar-refractivity contribution in [2.45, 2.75) is 13.0 Å². The molecule has 0 heterocycles. The van der Waals surface area contributed by atoms with E-state index in [1.165, 1.54) is 18.3 Å². The van der Waals surface area contributed by atoms with Crippen molar-refractivity contribution in [3.63, 3.8) is 0 Å². The fourth-order valence-corrected chi connectivity index (χ4v) is 2.48. The molecule has 136 valence electrons. The second kappa shape index (κ2) is 8.09. The number of carbonyl (C=O) groups is 1. The normalized spacial score (nSPS) is 12.0. The van der Waals surface area contributed by atoms with E-state index < -0.39 is 16.9 Å². The van der Waals surface area contributed by atoms with Gasteiger partial charge in [0, 0.05) is 17.7 Å². The Hall–Kier alpha value is -3.74. The molecule has 0 fully saturated rings.